The molecule has 0 atom stereocenters. The van der Waals surface area contributed by atoms with E-state index in [0.717, 1.165) is 55.7 Å². The third-order valence-electron chi connectivity index (χ3n) is 5.69. The fourth-order valence-electron chi connectivity index (χ4n) is 4.23. The molecule has 0 unspecified atom stereocenters. The van der Waals surface area contributed by atoms with Gasteiger partial charge in [0.25, 0.3) is 0 Å². The highest BCUT2D eigenvalue weighted by Crippen LogP contribution is 2.34. The zero-order valence-corrected chi connectivity index (χ0v) is 17.2. The molecule has 4 aromatic heterocycles. The third kappa shape index (κ3) is 2.99. The lowest BCUT2D eigenvalue weighted by atomic mass is 10.1. The van der Waals surface area contributed by atoms with Gasteiger partial charge in [-0.2, -0.15) is 0 Å². The number of hydrogen-bond acceptors (Lipinski definition) is 4. The minimum atomic E-state index is 0.744. The average Bonchev–Trinajstić information content (AvgIpc) is 3.18. The molecular formula is C27H19N5. The van der Waals surface area contributed by atoms with E-state index in [9.17, 15) is 0 Å². The van der Waals surface area contributed by atoms with Crippen LogP contribution in [-0.2, 0) is 0 Å². The number of fused-ring (bicyclic) bond motifs is 3. The van der Waals surface area contributed by atoms with Crippen molar-refractivity contribution in [2.75, 3.05) is 5.73 Å². The maximum atomic E-state index is 6.12. The van der Waals surface area contributed by atoms with E-state index in [1.165, 1.54) is 0 Å². The van der Waals surface area contributed by atoms with Gasteiger partial charge in [-0.3, -0.25) is 14.5 Å². The molecule has 0 bridgehead atoms. The lowest BCUT2D eigenvalue weighted by molar-refractivity contribution is 1.08. The van der Waals surface area contributed by atoms with Crippen molar-refractivity contribution in [2.24, 2.45) is 0 Å². The maximum absolute atomic E-state index is 6.12. The number of anilines is 1. The molecule has 0 saturated heterocycles. The fraction of sp³-hybridized carbons (Fsp3) is 0. The van der Waals surface area contributed by atoms with Gasteiger partial charge >= 0.3 is 0 Å². The molecule has 2 N–H and O–H groups in total. The molecule has 0 spiro atoms. The molecule has 152 valence electrons. The van der Waals surface area contributed by atoms with E-state index >= 15 is 0 Å². The second kappa shape index (κ2) is 7.32. The lowest BCUT2D eigenvalue weighted by Gasteiger charge is -2.12. The monoisotopic (exact) mass is 413 g/mol. The lowest BCUT2D eigenvalue weighted by Crippen LogP contribution is -2.00. The standard InChI is InChI=1S/C27H19N5/c28-21-9-10-26-23(15-21)22-7-1-2-8-25(22)32(26)27-14-20(18-5-3-11-29-16-18)13-24(31-27)19-6-4-12-30-17-19/h1-17H,28H2. The Labute approximate surface area is 184 Å². The minimum absolute atomic E-state index is 0.744. The first kappa shape index (κ1) is 18.3. The summed E-state index contributed by atoms with van der Waals surface area (Å²) in [6.07, 6.45) is 7.27. The van der Waals surface area contributed by atoms with Gasteiger partial charge in [-0.1, -0.05) is 24.3 Å². The number of nitrogens with two attached hydrogens (primary N) is 1. The third-order valence-corrected chi connectivity index (χ3v) is 5.69. The first-order valence-corrected chi connectivity index (χ1v) is 10.4. The first-order valence-electron chi connectivity index (χ1n) is 10.4. The van der Waals surface area contributed by atoms with E-state index in [4.69, 9.17) is 10.7 Å². The van der Waals surface area contributed by atoms with Crippen molar-refractivity contribution >= 4 is 27.5 Å². The van der Waals surface area contributed by atoms with E-state index < -0.39 is 0 Å². The summed E-state index contributed by atoms with van der Waals surface area (Å²) in [4.78, 5) is 13.7. The predicted molar refractivity (Wildman–Crippen MR) is 129 cm³/mol. The highest BCUT2D eigenvalue weighted by atomic mass is 15.1. The molecule has 2 aromatic carbocycles. The molecule has 0 radical (unpaired) electrons. The Hall–Kier alpha value is -4.51. The number of hydrogen-bond donors (Lipinski definition) is 1. The van der Waals surface area contributed by atoms with E-state index in [0.29, 0.717) is 0 Å². The van der Waals surface area contributed by atoms with Gasteiger partial charge in [0.2, 0.25) is 0 Å². The Morgan fingerprint density at radius 2 is 1.38 bits per heavy atom. The summed E-state index contributed by atoms with van der Waals surface area (Å²) in [5, 5.41) is 2.25. The molecule has 0 aliphatic heterocycles. The Kier molecular flexibility index (Phi) is 4.18. The van der Waals surface area contributed by atoms with E-state index in [1.807, 2.05) is 48.8 Å². The van der Waals surface area contributed by atoms with Crippen LogP contribution in [-0.4, -0.2) is 19.5 Å². The SMILES string of the molecule is Nc1ccc2c(c1)c1ccccc1n2-c1cc(-c2cccnc2)cc(-c2cccnc2)n1. The van der Waals surface area contributed by atoms with Crippen LogP contribution in [0, 0.1) is 0 Å². The zero-order valence-electron chi connectivity index (χ0n) is 17.2. The first-order chi connectivity index (χ1) is 15.8. The second-order valence-corrected chi connectivity index (χ2v) is 7.71. The highest BCUT2D eigenvalue weighted by molar-refractivity contribution is 6.10. The van der Waals surface area contributed by atoms with Crippen LogP contribution in [0.3, 0.4) is 0 Å². The van der Waals surface area contributed by atoms with Crippen LogP contribution >= 0.6 is 0 Å². The van der Waals surface area contributed by atoms with Gasteiger partial charge < -0.3 is 5.73 Å². The van der Waals surface area contributed by atoms with Crippen LogP contribution in [0.15, 0.2) is 104 Å². The summed E-state index contributed by atoms with van der Waals surface area (Å²) >= 11 is 0. The van der Waals surface area contributed by atoms with Crippen LogP contribution in [0.4, 0.5) is 5.69 Å². The average molecular weight is 413 g/mol. The minimum Gasteiger partial charge on any atom is -0.399 e. The Morgan fingerprint density at radius 3 is 2.16 bits per heavy atom. The summed E-state index contributed by atoms with van der Waals surface area (Å²) in [6.45, 7) is 0. The Bertz CT molecular complexity index is 1510. The van der Waals surface area contributed by atoms with Gasteiger partial charge in [-0.05, 0) is 60.2 Å². The quantitative estimate of drug-likeness (QED) is 0.368. The van der Waals surface area contributed by atoms with Gasteiger partial charge in [-0.15, -0.1) is 0 Å². The topological polar surface area (TPSA) is 69.6 Å². The summed E-state index contributed by atoms with van der Waals surface area (Å²) in [6, 6.07) is 26.5. The summed E-state index contributed by atoms with van der Waals surface area (Å²) < 4.78 is 2.20. The molecule has 5 nitrogen and oxygen atoms in total. The Balaban J connectivity index is 1.70. The largest absolute Gasteiger partial charge is 0.399 e. The van der Waals surface area contributed by atoms with Crippen molar-refractivity contribution in [3.8, 4) is 28.2 Å². The van der Waals surface area contributed by atoms with Crippen LogP contribution in [0.2, 0.25) is 0 Å². The number of aromatic nitrogens is 4. The summed E-state index contributed by atoms with van der Waals surface area (Å²) in [5.41, 5.74) is 12.9. The predicted octanol–water partition coefficient (Wildman–Crippen LogP) is 5.88. The summed E-state index contributed by atoms with van der Waals surface area (Å²) in [5.74, 6) is 0.834. The van der Waals surface area contributed by atoms with Crippen LogP contribution < -0.4 is 5.73 Å². The van der Waals surface area contributed by atoms with Crippen molar-refractivity contribution in [2.45, 2.75) is 0 Å². The van der Waals surface area contributed by atoms with Gasteiger partial charge in [0.05, 0.1) is 16.7 Å². The molecule has 0 aliphatic carbocycles. The molecule has 32 heavy (non-hydrogen) atoms. The molecule has 0 fully saturated rings. The van der Waals surface area contributed by atoms with Crippen molar-refractivity contribution in [1.29, 1.82) is 0 Å². The highest BCUT2D eigenvalue weighted by Gasteiger charge is 2.15. The Morgan fingerprint density at radius 1 is 0.625 bits per heavy atom. The van der Waals surface area contributed by atoms with Crippen LogP contribution in [0.25, 0.3) is 50.0 Å². The van der Waals surface area contributed by atoms with E-state index in [-0.39, 0.29) is 0 Å². The number of rotatable bonds is 3. The van der Waals surface area contributed by atoms with Gasteiger partial charge in [-0.25, -0.2) is 4.98 Å². The molecule has 0 saturated carbocycles. The van der Waals surface area contributed by atoms with Crippen LogP contribution in [0.1, 0.15) is 0 Å². The zero-order chi connectivity index (χ0) is 21.5. The van der Waals surface area contributed by atoms with E-state index in [1.54, 1.807) is 12.4 Å². The molecule has 0 aliphatic rings. The van der Waals surface area contributed by atoms with Crippen LogP contribution in [0.5, 0.6) is 0 Å². The van der Waals surface area contributed by atoms with Gasteiger partial charge in [0, 0.05) is 52.4 Å². The van der Waals surface area contributed by atoms with Crippen molar-refractivity contribution in [3.63, 3.8) is 0 Å². The summed E-state index contributed by atoms with van der Waals surface area (Å²) in [7, 11) is 0. The maximum Gasteiger partial charge on any atom is 0.138 e. The number of pyridine rings is 3. The molecule has 5 heteroatoms. The van der Waals surface area contributed by atoms with Gasteiger partial charge in [0.1, 0.15) is 5.82 Å². The number of nitrogen functional groups attached to an aromatic ring is 1. The number of benzene rings is 2. The van der Waals surface area contributed by atoms with Gasteiger partial charge in [0.15, 0.2) is 0 Å². The van der Waals surface area contributed by atoms with Crippen molar-refractivity contribution < 1.29 is 0 Å². The molecule has 6 rings (SSSR count). The van der Waals surface area contributed by atoms with Crippen molar-refractivity contribution in [3.05, 3.63) is 104 Å². The normalized spacial score (nSPS) is 11.2. The van der Waals surface area contributed by atoms with E-state index in [2.05, 4.69) is 57.0 Å². The fourth-order valence-corrected chi connectivity index (χ4v) is 4.23. The molecule has 6 aromatic rings. The number of para-hydroxylation sites is 1. The second-order valence-electron chi connectivity index (χ2n) is 7.71. The molecule has 0 amide bonds. The molecular weight excluding hydrogens is 394 g/mol. The van der Waals surface area contributed by atoms with Crippen molar-refractivity contribution in [1.82, 2.24) is 19.5 Å². The smallest absolute Gasteiger partial charge is 0.138 e. The molecule has 4 heterocycles. The number of nitrogens with zero attached hydrogens (tertiary/aromatic N) is 4.